The number of nitrogens with one attached hydrogen (secondary N) is 1. The van der Waals surface area contributed by atoms with Crippen molar-refractivity contribution in [2.45, 2.75) is 32.9 Å². The zero-order valence-electron chi connectivity index (χ0n) is 11.4. The lowest BCUT2D eigenvalue weighted by Gasteiger charge is -2.25. The third kappa shape index (κ3) is 2.43. The normalized spacial score (nSPS) is 17.7. The molecule has 0 spiro atoms. The topological polar surface area (TPSA) is 39.1 Å². The van der Waals surface area contributed by atoms with Gasteiger partial charge in [0.2, 0.25) is 5.95 Å². The van der Waals surface area contributed by atoms with E-state index in [1.54, 1.807) is 0 Å². The monoisotopic (exact) mass is 257 g/mol. The minimum atomic E-state index is 0.338. The van der Waals surface area contributed by atoms with Gasteiger partial charge in [0.05, 0.1) is 18.3 Å². The number of fused-ring (bicyclic) bond motifs is 1. The third-order valence-electron chi connectivity index (χ3n) is 3.45. The van der Waals surface area contributed by atoms with Gasteiger partial charge in [0.15, 0.2) is 0 Å². The van der Waals surface area contributed by atoms with Gasteiger partial charge < -0.3 is 14.6 Å². The second kappa shape index (κ2) is 4.96. The van der Waals surface area contributed by atoms with Crippen LogP contribution in [0.5, 0.6) is 5.75 Å². The van der Waals surface area contributed by atoms with Gasteiger partial charge in [-0.25, -0.2) is 4.98 Å². The molecule has 19 heavy (non-hydrogen) atoms. The number of aromatic nitrogens is 2. The van der Waals surface area contributed by atoms with Crippen LogP contribution in [0.3, 0.4) is 0 Å². The number of anilines is 1. The minimum Gasteiger partial charge on any atom is -0.494 e. The van der Waals surface area contributed by atoms with E-state index in [0.717, 1.165) is 30.4 Å². The number of hydrogen-bond donors (Lipinski definition) is 1. The summed E-state index contributed by atoms with van der Waals surface area (Å²) in [7, 11) is 0. The molecule has 2 aromatic rings. The number of hydrogen-bond acceptors (Lipinski definition) is 3. The van der Waals surface area contributed by atoms with Crippen molar-refractivity contribution in [2.24, 2.45) is 0 Å². The highest BCUT2D eigenvalue weighted by molar-refractivity contribution is 5.38. The Kier molecular flexibility index (Phi) is 3.15. The van der Waals surface area contributed by atoms with E-state index < -0.39 is 0 Å². The summed E-state index contributed by atoms with van der Waals surface area (Å²) < 4.78 is 7.65. The lowest BCUT2D eigenvalue weighted by molar-refractivity contribution is 0.340. The van der Waals surface area contributed by atoms with Crippen molar-refractivity contribution < 1.29 is 4.74 Å². The van der Waals surface area contributed by atoms with Crippen LogP contribution in [-0.2, 0) is 6.54 Å². The fourth-order valence-corrected chi connectivity index (χ4v) is 2.54. The Morgan fingerprint density at radius 1 is 1.37 bits per heavy atom. The van der Waals surface area contributed by atoms with Gasteiger partial charge in [0.1, 0.15) is 5.75 Å². The Hall–Kier alpha value is -1.97. The van der Waals surface area contributed by atoms with Crippen molar-refractivity contribution in [2.75, 3.05) is 11.9 Å². The molecular formula is C15H19N3O. The smallest absolute Gasteiger partial charge is 0.203 e. The molecule has 0 amide bonds. The Morgan fingerprint density at radius 3 is 2.89 bits per heavy atom. The molecule has 0 radical (unpaired) electrons. The highest BCUT2D eigenvalue weighted by Gasteiger charge is 2.20. The van der Waals surface area contributed by atoms with E-state index in [1.165, 1.54) is 5.56 Å². The number of aryl methyl sites for hydroxylation is 2. The van der Waals surface area contributed by atoms with Crippen molar-refractivity contribution in [1.82, 2.24) is 9.55 Å². The molecule has 1 unspecified atom stereocenters. The van der Waals surface area contributed by atoms with E-state index in [0.29, 0.717) is 12.6 Å². The summed E-state index contributed by atoms with van der Waals surface area (Å²) in [5.41, 5.74) is 2.35. The predicted molar refractivity (Wildman–Crippen MR) is 75.6 cm³/mol. The predicted octanol–water partition coefficient (Wildman–Crippen LogP) is 3.15. The van der Waals surface area contributed by atoms with Crippen LogP contribution >= 0.6 is 0 Å². The molecular weight excluding hydrogens is 238 g/mol. The number of benzene rings is 1. The van der Waals surface area contributed by atoms with Gasteiger partial charge >= 0.3 is 0 Å². The molecule has 1 aliphatic heterocycles. The van der Waals surface area contributed by atoms with Crippen LogP contribution in [0, 0.1) is 6.92 Å². The van der Waals surface area contributed by atoms with Crippen molar-refractivity contribution in [1.29, 1.82) is 0 Å². The number of imidazole rings is 1. The van der Waals surface area contributed by atoms with Crippen LogP contribution in [0.1, 0.15) is 30.6 Å². The summed E-state index contributed by atoms with van der Waals surface area (Å²) in [4.78, 5) is 4.50. The van der Waals surface area contributed by atoms with Gasteiger partial charge in [-0.15, -0.1) is 0 Å². The minimum absolute atomic E-state index is 0.338. The SMILES string of the molecule is CCOc1ccc(C2CCn3cc(C)nc3N2)cc1. The summed E-state index contributed by atoms with van der Waals surface area (Å²) in [5, 5.41) is 3.50. The summed E-state index contributed by atoms with van der Waals surface area (Å²) in [6.45, 7) is 5.75. The molecule has 100 valence electrons. The molecule has 1 aliphatic rings. The lowest BCUT2D eigenvalue weighted by Crippen LogP contribution is -2.21. The Labute approximate surface area is 113 Å². The summed E-state index contributed by atoms with van der Waals surface area (Å²) in [6.07, 6.45) is 3.17. The molecule has 4 nitrogen and oxygen atoms in total. The standard InChI is InChI=1S/C15H19N3O/c1-3-19-13-6-4-12(5-7-13)14-8-9-18-10-11(2)16-15(18)17-14/h4-7,10,14H,3,8-9H2,1-2H3,(H,16,17). The maximum Gasteiger partial charge on any atom is 0.203 e. The molecule has 0 saturated heterocycles. The van der Waals surface area contributed by atoms with Crippen LogP contribution < -0.4 is 10.1 Å². The van der Waals surface area contributed by atoms with Crippen LogP contribution in [-0.4, -0.2) is 16.2 Å². The van der Waals surface area contributed by atoms with Crippen molar-refractivity contribution >= 4 is 5.95 Å². The molecule has 1 aromatic carbocycles. The molecule has 0 aliphatic carbocycles. The van der Waals surface area contributed by atoms with Gasteiger partial charge in [0.25, 0.3) is 0 Å². The van der Waals surface area contributed by atoms with Crippen LogP contribution in [0.15, 0.2) is 30.5 Å². The molecule has 0 fully saturated rings. The van der Waals surface area contributed by atoms with Crippen molar-refractivity contribution in [3.63, 3.8) is 0 Å². The van der Waals surface area contributed by atoms with Crippen LogP contribution in [0.25, 0.3) is 0 Å². The average molecular weight is 257 g/mol. The molecule has 1 atom stereocenters. The first kappa shape index (κ1) is 12.1. The van der Waals surface area contributed by atoms with Gasteiger partial charge in [-0.1, -0.05) is 12.1 Å². The Bertz CT molecular complexity index is 559. The van der Waals surface area contributed by atoms with Gasteiger partial charge in [-0.3, -0.25) is 0 Å². The van der Waals surface area contributed by atoms with E-state index in [2.05, 4.69) is 33.2 Å². The van der Waals surface area contributed by atoms with Gasteiger partial charge in [-0.05, 0) is 38.0 Å². The zero-order valence-corrected chi connectivity index (χ0v) is 11.4. The first-order chi connectivity index (χ1) is 9.26. The highest BCUT2D eigenvalue weighted by Crippen LogP contribution is 2.29. The van der Waals surface area contributed by atoms with E-state index in [-0.39, 0.29) is 0 Å². The maximum absolute atomic E-state index is 5.47. The molecule has 3 rings (SSSR count). The molecule has 0 saturated carbocycles. The van der Waals surface area contributed by atoms with E-state index in [4.69, 9.17) is 4.74 Å². The summed E-state index contributed by atoms with van der Waals surface area (Å²) in [5.74, 6) is 1.90. The number of ether oxygens (including phenoxy) is 1. The quantitative estimate of drug-likeness (QED) is 0.918. The zero-order chi connectivity index (χ0) is 13.2. The van der Waals surface area contributed by atoms with Crippen molar-refractivity contribution in [3.8, 4) is 5.75 Å². The fraction of sp³-hybridized carbons (Fsp3) is 0.400. The van der Waals surface area contributed by atoms with Crippen LogP contribution in [0.2, 0.25) is 0 Å². The summed E-state index contributed by atoms with van der Waals surface area (Å²) >= 11 is 0. The average Bonchev–Trinajstić information content (AvgIpc) is 2.79. The fourth-order valence-electron chi connectivity index (χ4n) is 2.54. The Morgan fingerprint density at radius 2 is 2.16 bits per heavy atom. The largest absolute Gasteiger partial charge is 0.494 e. The number of rotatable bonds is 3. The van der Waals surface area contributed by atoms with Crippen LogP contribution in [0.4, 0.5) is 5.95 Å². The highest BCUT2D eigenvalue weighted by atomic mass is 16.5. The van der Waals surface area contributed by atoms with E-state index in [9.17, 15) is 0 Å². The van der Waals surface area contributed by atoms with Gasteiger partial charge in [-0.2, -0.15) is 0 Å². The molecule has 1 aromatic heterocycles. The van der Waals surface area contributed by atoms with E-state index in [1.807, 2.05) is 26.0 Å². The van der Waals surface area contributed by atoms with Crippen molar-refractivity contribution in [3.05, 3.63) is 41.7 Å². The second-order valence-electron chi connectivity index (χ2n) is 4.89. The first-order valence-corrected chi connectivity index (χ1v) is 6.79. The lowest BCUT2D eigenvalue weighted by atomic mass is 10.0. The van der Waals surface area contributed by atoms with E-state index >= 15 is 0 Å². The number of nitrogens with zero attached hydrogens (tertiary/aromatic N) is 2. The maximum atomic E-state index is 5.47. The first-order valence-electron chi connectivity index (χ1n) is 6.79. The van der Waals surface area contributed by atoms with Gasteiger partial charge in [0, 0.05) is 12.7 Å². The molecule has 0 bridgehead atoms. The second-order valence-corrected chi connectivity index (χ2v) is 4.89. The third-order valence-corrected chi connectivity index (χ3v) is 3.45. The molecule has 1 N–H and O–H groups in total. The molecule has 2 heterocycles. The molecule has 4 heteroatoms. The Balaban J connectivity index is 1.77. The summed E-state index contributed by atoms with van der Waals surface area (Å²) in [6, 6.07) is 8.67.